The van der Waals surface area contributed by atoms with Crippen LogP contribution in [0.3, 0.4) is 0 Å². The summed E-state index contributed by atoms with van der Waals surface area (Å²) in [5.74, 6) is 0. The Morgan fingerprint density at radius 1 is 0.255 bits per heavy atom. The lowest BCUT2D eigenvalue weighted by Gasteiger charge is -2.45. The summed E-state index contributed by atoms with van der Waals surface area (Å²) in [7, 11) is 0. The van der Waals surface area contributed by atoms with E-state index >= 15 is 0 Å². The van der Waals surface area contributed by atoms with E-state index < -0.39 is 0 Å². The summed E-state index contributed by atoms with van der Waals surface area (Å²) in [5.41, 5.74) is 28.5. The van der Waals surface area contributed by atoms with Crippen LogP contribution >= 0.6 is 11.6 Å². The molecule has 506 valence electrons. The van der Waals surface area contributed by atoms with E-state index in [1.54, 1.807) is 0 Å². The number of hydrogen-bond donors (Lipinski definition) is 0. The lowest BCUT2D eigenvalue weighted by atomic mass is 9.33. The summed E-state index contributed by atoms with van der Waals surface area (Å²) >= 11 is 7.68. The van der Waals surface area contributed by atoms with Crippen molar-refractivity contribution in [1.29, 1.82) is 0 Å². The molecule has 0 bridgehead atoms. The van der Waals surface area contributed by atoms with Gasteiger partial charge in [-0.15, -0.1) is 0 Å². The summed E-state index contributed by atoms with van der Waals surface area (Å²) in [5, 5.41) is 0.685. The van der Waals surface area contributed by atoms with Crippen molar-refractivity contribution >= 4 is 103 Å². The number of benzene rings is 10. The fourth-order valence-electron chi connectivity index (χ4n) is 13.8. The summed E-state index contributed by atoms with van der Waals surface area (Å²) in [6, 6.07) is 81.9. The summed E-state index contributed by atoms with van der Waals surface area (Å²) in [6.07, 6.45) is 0. The molecule has 0 unspecified atom stereocenters. The minimum Gasteiger partial charge on any atom is -0.311 e. The Morgan fingerprint density at radius 2 is 0.592 bits per heavy atom. The molecule has 0 saturated heterocycles. The van der Waals surface area contributed by atoms with Crippen LogP contribution in [0.15, 0.2) is 218 Å². The molecule has 0 amide bonds. The average Bonchev–Trinajstić information content (AvgIpc) is 0.698. The van der Waals surface area contributed by atoms with Gasteiger partial charge in [0.2, 0.25) is 0 Å². The summed E-state index contributed by atoms with van der Waals surface area (Å²) in [6.45, 7) is 54.9. The Kier molecular flexibility index (Phi) is 18.7. The largest absolute Gasteiger partial charge is 0.311 e. The summed E-state index contributed by atoms with van der Waals surface area (Å²) < 4.78 is 0. The molecule has 12 rings (SSSR count). The second kappa shape index (κ2) is 25.8. The molecule has 0 N–H and O–H groups in total. The first kappa shape index (κ1) is 71.1. The molecule has 2 aliphatic rings. The van der Waals surface area contributed by atoms with Crippen molar-refractivity contribution in [2.75, 3.05) is 19.6 Å². The minimum atomic E-state index is -0.00415. The maximum absolute atomic E-state index is 7.68. The average molecular weight is 1320 g/mol. The quantitative estimate of drug-likeness (QED) is 0.141. The van der Waals surface area contributed by atoms with Crippen molar-refractivity contribution in [2.24, 2.45) is 0 Å². The molecular weight excluding hydrogens is 1210 g/mol. The maximum atomic E-state index is 7.68. The normalized spacial score (nSPS) is 13.5. The van der Waals surface area contributed by atoms with Gasteiger partial charge in [0, 0.05) is 56.9 Å². The highest BCUT2D eigenvalue weighted by molar-refractivity contribution is 7.00. The van der Waals surface area contributed by atoms with Gasteiger partial charge < -0.3 is 19.6 Å². The fourth-order valence-corrected chi connectivity index (χ4v) is 14.1. The second-order valence-corrected chi connectivity index (χ2v) is 36.3. The van der Waals surface area contributed by atoms with E-state index in [2.05, 4.69) is 404 Å². The fraction of sp³-hybridized carbons (Fsp3) is 0.348. The van der Waals surface area contributed by atoms with Crippen LogP contribution in [0.1, 0.15) is 211 Å². The zero-order valence-electron chi connectivity index (χ0n) is 63.5. The molecule has 0 aromatic heterocycles. The zero-order valence-corrected chi connectivity index (χ0v) is 64.3. The predicted octanol–water partition coefficient (Wildman–Crippen LogP) is 25.4. The topological polar surface area (TPSA) is 13.0 Å². The van der Waals surface area contributed by atoms with E-state index in [0.717, 1.165) is 34.1 Å². The van der Waals surface area contributed by atoms with E-state index in [1.807, 2.05) is 0 Å². The van der Waals surface area contributed by atoms with Crippen molar-refractivity contribution in [3.8, 4) is 0 Å². The van der Waals surface area contributed by atoms with Gasteiger partial charge in [-0.05, 0) is 213 Å². The molecule has 6 heteroatoms. The van der Waals surface area contributed by atoms with Crippen molar-refractivity contribution in [3.63, 3.8) is 0 Å². The molecule has 4 nitrogen and oxygen atoms in total. The van der Waals surface area contributed by atoms with E-state index in [9.17, 15) is 0 Å². The summed E-state index contributed by atoms with van der Waals surface area (Å²) in [4.78, 5) is 9.68. The van der Waals surface area contributed by atoms with Gasteiger partial charge in [0.15, 0.2) is 0 Å². The van der Waals surface area contributed by atoms with Crippen LogP contribution in [0.2, 0.25) is 5.02 Å². The lowest BCUT2D eigenvalue weighted by Crippen LogP contribution is -2.61. The third kappa shape index (κ3) is 14.5. The number of hydrogen-bond acceptors (Lipinski definition) is 4. The van der Waals surface area contributed by atoms with Crippen LogP contribution in [0.5, 0.6) is 0 Å². The Morgan fingerprint density at radius 3 is 1.03 bits per heavy atom. The van der Waals surface area contributed by atoms with Crippen LogP contribution in [-0.2, 0) is 43.3 Å². The van der Waals surface area contributed by atoms with Gasteiger partial charge in [-0.1, -0.05) is 287 Å². The molecule has 0 aliphatic carbocycles. The van der Waals surface area contributed by atoms with Crippen molar-refractivity contribution in [2.45, 2.75) is 209 Å². The van der Waals surface area contributed by atoms with E-state index in [-0.39, 0.29) is 50.0 Å². The SMILES string of the molecule is CC(C)(C)c1ccc(N(c2ccc(C(C)(C)C)cc2)c2cccc(N(c3cccc(C(C)(C)C)c3)c3cccc(C(C)(C)C)c3)c2Cl)cc1.CC(C)(C)c1ccc(N2c3ccc(C(C)(C)C)cc3B3c4ccc(C(C)(C)C)cc4N(c4cccc(C(C)(C)C)c4)c4cccc2c43)cc1. The first-order valence-corrected chi connectivity index (χ1v) is 36.0. The lowest BCUT2D eigenvalue weighted by molar-refractivity contribution is 0.589. The standard InChI is InChI=1S/C46H53BN2.C46H55ClN2/c1-43(2,3)30-19-23-34(24-20-30)48-38-26-22-32(45(7,8)9)28-37(38)47-36-25-21-33(46(10,11)12)29-41(36)49(40-18-14-17-39(48)42(40)47)35-16-13-15-31(27-35)44(4,5)6;1-43(2,3)32-22-26-36(27-23-32)48(37-28-24-33(25-29-37)44(4,5)6)40-20-15-21-41(42(40)47)49(38-18-13-16-34(30-38)45(7,8)9)39-19-14-17-35(31-39)46(10,11)12/h13-29H,1-12H3;13-31H,1-12H3. The Labute approximate surface area is 596 Å². The van der Waals surface area contributed by atoms with Gasteiger partial charge in [-0.3, -0.25) is 0 Å². The van der Waals surface area contributed by atoms with Gasteiger partial charge in [-0.25, -0.2) is 0 Å². The molecule has 0 fully saturated rings. The molecule has 0 saturated carbocycles. The van der Waals surface area contributed by atoms with Crippen LogP contribution in [0.4, 0.5) is 68.2 Å². The maximum Gasteiger partial charge on any atom is 0.252 e. The van der Waals surface area contributed by atoms with Crippen molar-refractivity contribution in [3.05, 3.63) is 268 Å². The first-order chi connectivity index (χ1) is 45.6. The molecule has 2 aliphatic heterocycles. The molecule has 0 atom stereocenters. The minimum absolute atomic E-state index is 0.00415. The van der Waals surface area contributed by atoms with Crippen LogP contribution in [0.25, 0.3) is 0 Å². The van der Waals surface area contributed by atoms with E-state index in [1.165, 1.54) is 95.0 Å². The van der Waals surface area contributed by atoms with E-state index in [0.29, 0.717) is 5.02 Å². The van der Waals surface area contributed by atoms with Gasteiger partial charge in [0.05, 0.1) is 16.4 Å². The number of halogens is 1. The second-order valence-electron chi connectivity index (χ2n) is 35.9. The predicted molar refractivity (Wildman–Crippen MR) is 431 cm³/mol. The molecule has 98 heavy (non-hydrogen) atoms. The van der Waals surface area contributed by atoms with Crippen LogP contribution in [0, 0.1) is 0 Å². The third-order valence-corrected chi connectivity index (χ3v) is 20.4. The van der Waals surface area contributed by atoms with Crippen molar-refractivity contribution < 1.29 is 0 Å². The monoisotopic (exact) mass is 1310 g/mol. The molecule has 0 radical (unpaired) electrons. The van der Waals surface area contributed by atoms with Gasteiger partial charge in [0.25, 0.3) is 6.71 Å². The molecule has 10 aromatic carbocycles. The highest BCUT2D eigenvalue weighted by Crippen LogP contribution is 2.50. The molecule has 2 heterocycles. The molecule has 0 spiro atoms. The Hall–Kier alpha value is -8.25. The first-order valence-electron chi connectivity index (χ1n) is 35.6. The zero-order chi connectivity index (χ0) is 71.2. The van der Waals surface area contributed by atoms with E-state index in [4.69, 9.17) is 11.6 Å². The molecular formula is C92H108BClN4. The highest BCUT2D eigenvalue weighted by atomic mass is 35.5. The number of rotatable bonds is 8. The Balaban J connectivity index is 0.000000198. The third-order valence-electron chi connectivity index (χ3n) is 20.0. The van der Waals surface area contributed by atoms with Gasteiger partial charge in [-0.2, -0.15) is 0 Å². The van der Waals surface area contributed by atoms with Gasteiger partial charge >= 0.3 is 0 Å². The van der Waals surface area contributed by atoms with Crippen LogP contribution < -0.4 is 36.0 Å². The molecule has 10 aromatic rings. The van der Waals surface area contributed by atoms with Crippen LogP contribution in [-0.4, -0.2) is 6.71 Å². The number of anilines is 12. The smallest absolute Gasteiger partial charge is 0.252 e. The Bertz CT molecular complexity index is 4420. The highest BCUT2D eigenvalue weighted by Gasteiger charge is 2.44. The van der Waals surface area contributed by atoms with Gasteiger partial charge in [0.1, 0.15) is 0 Å². The number of fused-ring (bicyclic) bond motifs is 4. The van der Waals surface area contributed by atoms with Crippen molar-refractivity contribution in [1.82, 2.24) is 0 Å². The number of nitrogens with zero attached hydrogens (tertiary/aromatic N) is 4.